The highest BCUT2D eigenvalue weighted by atomic mass is 16.3. The molecule has 4 nitrogen and oxygen atoms in total. The van der Waals surface area contributed by atoms with Gasteiger partial charge in [0, 0.05) is 19.2 Å². The molecule has 80 valence electrons. The Hall–Kier alpha value is -1.03. The van der Waals surface area contributed by atoms with Gasteiger partial charge in [-0.2, -0.15) is 0 Å². The Morgan fingerprint density at radius 1 is 1.64 bits per heavy atom. The summed E-state index contributed by atoms with van der Waals surface area (Å²) in [5.41, 5.74) is 0. The SMILES string of the molecule is C=CNC(=O)N1CCCCC1CCO. The second-order valence-corrected chi connectivity index (χ2v) is 3.51. The van der Waals surface area contributed by atoms with Crippen LogP contribution >= 0.6 is 0 Å². The van der Waals surface area contributed by atoms with Crippen molar-refractivity contribution in [2.24, 2.45) is 0 Å². The number of nitrogens with one attached hydrogen (secondary N) is 1. The highest BCUT2D eigenvalue weighted by Gasteiger charge is 2.25. The first-order valence-corrected chi connectivity index (χ1v) is 5.08. The molecule has 1 aliphatic rings. The summed E-state index contributed by atoms with van der Waals surface area (Å²) in [5, 5.41) is 11.4. The second kappa shape index (κ2) is 5.65. The summed E-state index contributed by atoms with van der Waals surface area (Å²) in [6, 6.07) is 0.0897. The average molecular weight is 198 g/mol. The van der Waals surface area contributed by atoms with Crippen molar-refractivity contribution in [3.05, 3.63) is 12.8 Å². The summed E-state index contributed by atoms with van der Waals surface area (Å²) >= 11 is 0. The Labute approximate surface area is 84.6 Å². The number of carbonyl (C=O) groups is 1. The third-order valence-corrected chi connectivity index (χ3v) is 2.58. The molecule has 1 atom stereocenters. The fourth-order valence-electron chi connectivity index (χ4n) is 1.89. The minimum Gasteiger partial charge on any atom is -0.396 e. The van der Waals surface area contributed by atoms with Gasteiger partial charge in [0.25, 0.3) is 0 Å². The lowest BCUT2D eigenvalue weighted by Gasteiger charge is -2.35. The van der Waals surface area contributed by atoms with Crippen LogP contribution in [0.25, 0.3) is 0 Å². The number of carbonyl (C=O) groups excluding carboxylic acids is 1. The fourth-order valence-corrected chi connectivity index (χ4v) is 1.89. The summed E-state index contributed by atoms with van der Waals surface area (Å²) < 4.78 is 0. The quantitative estimate of drug-likeness (QED) is 0.713. The predicted octanol–water partition coefficient (Wildman–Crippen LogP) is 1.08. The lowest BCUT2D eigenvalue weighted by molar-refractivity contribution is 0.134. The van der Waals surface area contributed by atoms with Crippen molar-refractivity contribution in [2.75, 3.05) is 13.2 Å². The van der Waals surface area contributed by atoms with Gasteiger partial charge >= 0.3 is 6.03 Å². The summed E-state index contributed by atoms with van der Waals surface area (Å²) in [5.74, 6) is 0. The van der Waals surface area contributed by atoms with E-state index < -0.39 is 0 Å². The Morgan fingerprint density at radius 2 is 2.43 bits per heavy atom. The summed E-state index contributed by atoms with van der Waals surface area (Å²) in [7, 11) is 0. The monoisotopic (exact) mass is 198 g/mol. The van der Waals surface area contributed by atoms with Gasteiger partial charge in [0.1, 0.15) is 0 Å². The number of nitrogens with zero attached hydrogens (tertiary/aromatic N) is 1. The molecule has 14 heavy (non-hydrogen) atoms. The normalized spacial score (nSPS) is 21.8. The van der Waals surface area contributed by atoms with Crippen LogP contribution in [0.3, 0.4) is 0 Å². The number of amides is 2. The van der Waals surface area contributed by atoms with Crippen molar-refractivity contribution in [1.29, 1.82) is 0 Å². The smallest absolute Gasteiger partial charge is 0.321 e. The Bertz CT molecular complexity index is 204. The predicted molar refractivity (Wildman–Crippen MR) is 54.8 cm³/mol. The fraction of sp³-hybridized carbons (Fsp3) is 0.700. The lowest BCUT2D eigenvalue weighted by Crippen LogP contribution is -2.47. The van der Waals surface area contributed by atoms with E-state index in [9.17, 15) is 4.79 Å². The first-order chi connectivity index (χ1) is 6.79. The van der Waals surface area contributed by atoms with E-state index >= 15 is 0 Å². The van der Waals surface area contributed by atoms with Crippen LogP contribution in [0.2, 0.25) is 0 Å². The molecule has 0 aromatic heterocycles. The highest BCUT2D eigenvalue weighted by Crippen LogP contribution is 2.19. The Morgan fingerprint density at radius 3 is 3.07 bits per heavy atom. The molecule has 0 spiro atoms. The highest BCUT2D eigenvalue weighted by molar-refractivity contribution is 5.75. The lowest BCUT2D eigenvalue weighted by atomic mass is 10.0. The zero-order valence-corrected chi connectivity index (χ0v) is 8.41. The van der Waals surface area contributed by atoms with E-state index in [0.717, 1.165) is 25.8 Å². The number of hydrogen-bond acceptors (Lipinski definition) is 2. The number of aliphatic hydroxyl groups excluding tert-OH is 1. The molecule has 1 aliphatic heterocycles. The Kier molecular flexibility index (Phi) is 4.46. The third kappa shape index (κ3) is 2.73. The molecule has 0 aromatic rings. The van der Waals surface area contributed by atoms with Gasteiger partial charge in [-0.25, -0.2) is 4.79 Å². The van der Waals surface area contributed by atoms with Gasteiger partial charge in [-0.1, -0.05) is 6.58 Å². The molecule has 0 radical (unpaired) electrons. The van der Waals surface area contributed by atoms with E-state index in [2.05, 4.69) is 11.9 Å². The van der Waals surface area contributed by atoms with Crippen molar-refractivity contribution in [1.82, 2.24) is 10.2 Å². The first kappa shape index (κ1) is 11.0. The van der Waals surface area contributed by atoms with E-state index in [-0.39, 0.29) is 18.7 Å². The van der Waals surface area contributed by atoms with Gasteiger partial charge in [-0.05, 0) is 31.9 Å². The van der Waals surface area contributed by atoms with E-state index in [1.54, 1.807) is 4.90 Å². The minimum atomic E-state index is -0.0989. The van der Waals surface area contributed by atoms with Crippen LogP contribution in [0.1, 0.15) is 25.7 Å². The van der Waals surface area contributed by atoms with Gasteiger partial charge in [-0.15, -0.1) is 0 Å². The van der Waals surface area contributed by atoms with Crippen LogP contribution in [0.4, 0.5) is 4.79 Å². The largest absolute Gasteiger partial charge is 0.396 e. The molecule has 1 fully saturated rings. The van der Waals surface area contributed by atoms with Crippen molar-refractivity contribution in [3.63, 3.8) is 0 Å². The molecule has 0 saturated carbocycles. The van der Waals surface area contributed by atoms with Crippen molar-refractivity contribution in [3.8, 4) is 0 Å². The molecule has 1 unspecified atom stereocenters. The van der Waals surface area contributed by atoms with Crippen molar-refractivity contribution >= 4 is 6.03 Å². The average Bonchev–Trinajstić information content (AvgIpc) is 2.19. The zero-order valence-electron chi connectivity index (χ0n) is 8.41. The van der Waals surface area contributed by atoms with Crippen molar-refractivity contribution < 1.29 is 9.90 Å². The van der Waals surface area contributed by atoms with Gasteiger partial charge in [0.05, 0.1) is 0 Å². The maximum Gasteiger partial charge on any atom is 0.321 e. The molecule has 1 saturated heterocycles. The summed E-state index contributed by atoms with van der Waals surface area (Å²) in [4.78, 5) is 13.3. The van der Waals surface area contributed by atoms with Crippen LogP contribution in [-0.4, -0.2) is 35.2 Å². The first-order valence-electron chi connectivity index (χ1n) is 5.08. The molecule has 0 aliphatic carbocycles. The van der Waals surface area contributed by atoms with E-state index in [1.807, 2.05) is 0 Å². The number of likely N-dealkylation sites (tertiary alicyclic amines) is 1. The molecule has 0 aromatic carbocycles. The third-order valence-electron chi connectivity index (χ3n) is 2.58. The van der Waals surface area contributed by atoms with E-state index in [0.29, 0.717) is 6.42 Å². The van der Waals surface area contributed by atoms with Gasteiger partial charge in [0.2, 0.25) is 0 Å². The molecule has 1 rings (SSSR count). The van der Waals surface area contributed by atoms with Gasteiger partial charge in [0.15, 0.2) is 0 Å². The second-order valence-electron chi connectivity index (χ2n) is 3.51. The summed E-state index contributed by atoms with van der Waals surface area (Å²) in [6.45, 7) is 4.38. The minimum absolute atomic E-state index is 0.0989. The van der Waals surface area contributed by atoms with Crippen molar-refractivity contribution in [2.45, 2.75) is 31.7 Å². The van der Waals surface area contributed by atoms with E-state index in [1.165, 1.54) is 6.20 Å². The molecule has 4 heteroatoms. The molecule has 2 N–H and O–H groups in total. The molecule has 1 heterocycles. The van der Waals surface area contributed by atoms with Gasteiger partial charge < -0.3 is 15.3 Å². The number of rotatable bonds is 3. The van der Waals surface area contributed by atoms with E-state index in [4.69, 9.17) is 5.11 Å². The van der Waals surface area contributed by atoms with Crippen LogP contribution < -0.4 is 5.32 Å². The number of urea groups is 1. The molecule has 0 bridgehead atoms. The van der Waals surface area contributed by atoms with Crippen LogP contribution in [0.15, 0.2) is 12.8 Å². The zero-order chi connectivity index (χ0) is 10.4. The number of piperidine rings is 1. The van der Waals surface area contributed by atoms with Gasteiger partial charge in [-0.3, -0.25) is 0 Å². The van der Waals surface area contributed by atoms with Crippen LogP contribution in [-0.2, 0) is 0 Å². The molecular formula is C10H18N2O2. The Balaban J connectivity index is 2.52. The molecule has 2 amide bonds. The number of hydrogen-bond donors (Lipinski definition) is 2. The topological polar surface area (TPSA) is 52.6 Å². The van der Waals surface area contributed by atoms with Crippen LogP contribution in [0, 0.1) is 0 Å². The number of aliphatic hydroxyl groups is 1. The summed E-state index contributed by atoms with van der Waals surface area (Å²) in [6.07, 6.45) is 5.25. The maximum atomic E-state index is 11.5. The van der Waals surface area contributed by atoms with Crippen LogP contribution in [0.5, 0.6) is 0 Å². The standard InChI is InChI=1S/C10H18N2O2/c1-2-11-10(14)12-7-4-3-5-9(12)6-8-13/h2,9,13H,1,3-8H2,(H,11,14). The molecular weight excluding hydrogens is 180 g/mol. The maximum absolute atomic E-state index is 11.5.